The number of benzene rings is 2. The number of hydrogen-bond acceptors (Lipinski definition) is 3. The van der Waals surface area contributed by atoms with Gasteiger partial charge in [0.25, 0.3) is 0 Å². The van der Waals surface area contributed by atoms with Gasteiger partial charge in [0.05, 0.1) is 19.3 Å². The number of nitrogens with one attached hydrogen (secondary N) is 2. The van der Waals surface area contributed by atoms with Crippen molar-refractivity contribution in [2.45, 2.75) is 0 Å². The fraction of sp³-hybridized carbons (Fsp3) is 0.188. The van der Waals surface area contributed by atoms with Gasteiger partial charge in [-0.2, -0.15) is 0 Å². The third-order valence-corrected chi connectivity index (χ3v) is 3.18. The van der Waals surface area contributed by atoms with Crippen LogP contribution >= 0.6 is 11.6 Å². The van der Waals surface area contributed by atoms with Gasteiger partial charge in [0.1, 0.15) is 18.2 Å². The fourth-order valence-electron chi connectivity index (χ4n) is 1.86. The molecule has 0 saturated carbocycles. The van der Waals surface area contributed by atoms with Crippen molar-refractivity contribution >= 4 is 23.3 Å². The van der Waals surface area contributed by atoms with E-state index in [9.17, 15) is 13.6 Å². The summed E-state index contributed by atoms with van der Waals surface area (Å²) in [5.41, 5.74) is 0.410. The van der Waals surface area contributed by atoms with Gasteiger partial charge in [0, 0.05) is 11.1 Å². The first-order valence-electron chi connectivity index (χ1n) is 6.96. The van der Waals surface area contributed by atoms with E-state index in [2.05, 4.69) is 10.6 Å². The standard InChI is InChI=1S/C16H15ClF2N2O3/c1-23-15-4-2-10(17)8-13(15)21-16(22)20-6-7-24-14-5-3-11(18)9-12(14)19/h2-5,8-9H,6-7H2,1H3,(H2,20,21,22). The van der Waals surface area contributed by atoms with Crippen LogP contribution in [0.15, 0.2) is 36.4 Å². The van der Waals surface area contributed by atoms with E-state index in [1.165, 1.54) is 13.2 Å². The Morgan fingerprint density at radius 2 is 1.92 bits per heavy atom. The predicted molar refractivity (Wildman–Crippen MR) is 86.9 cm³/mol. The maximum absolute atomic E-state index is 13.4. The highest BCUT2D eigenvalue weighted by molar-refractivity contribution is 6.31. The second-order valence-electron chi connectivity index (χ2n) is 4.65. The number of carbonyl (C=O) groups is 1. The predicted octanol–water partition coefficient (Wildman–Crippen LogP) is 3.83. The molecular formula is C16H15ClF2N2O3. The first kappa shape index (κ1) is 17.8. The molecule has 2 aromatic rings. The van der Waals surface area contributed by atoms with Crippen molar-refractivity contribution in [3.05, 3.63) is 53.1 Å². The van der Waals surface area contributed by atoms with E-state index in [0.717, 1.165) is 12.1 Å². The Hall–Kier alpha value is -2.54. The van der Waals surface area contributed by atoms with Crippen molar-refractivity contribution in [3.8, 4) is 11.5 Å². The molecule has 0 spiro atoms. The summed E-state index contributed by atoms with van der Waals surface area (Å²) in [5.74, 6) is -1.12. The fourth-order valence-corrected chi connectivity index (χ4v) is 2.03. The Labute approximate surface area is 142 Å². The van der Waals surface area contributed by atoms with Gasteiger partial charge in [-0.1, -0.05) is 11.6 Å². The zero-order chi connectivity index (χ0) is 17.5. The molecule has 128 valence electrons. The number of ether oxygens (including phenoxy) is 2. The van der Waals surface area contributed by atoms with Gasteiger partial charge in [0.15, 0.2) is 11.6 Å². The molecular weight excluding hydrogens is 342 g/mol. The number of anilines is 1. The Morgan fingerprint density at radius 3 is 2.62 bits per heavy atom. The highest BCUT2D eigenvalue weighted by Gasteiger charge is 2.08. The first-order valence-corrected chi connectivity index (χ1v) is 7.33. The molecule has 0 bridgehead atoms. The highest BCUT2D eigenvalue weighted by Crippen LogP contribution is 2.27. The summed E-state index contributed by atoms with van der Waals surface area (Å²) in [6.45, 7) is 0.133. The molecule has 5 nitrogen and oxygen atoms in total. The summed E-state index contributed by atoms with van der Waals surface area (Å²) in [7, 11) is 1.47. The average molecular weight is 357 g/mol. The minimum absolute atomic E-state index is 0.0165. The first-order chi connectivity index (χ1) is 11.5. The molecule has 0 aliphatic carbocycles. The quantitative estimate of drug-likeness (QED) is 0.773. The molecule has 2 rings (SSSR count). The van der Waals surface area contributed by atoms with Gasteiger partial charge < -0.3 is 20.1 Å². The molecule has 0 aliphatic rings. The van der Waals surface area contributed by atoms with Crippen LogP contribution in [0.5, 0.6) is 11.5 Å². The Kier molecular flexibility index (Phi) is 6.20. The van der Waals surface area contributed by atoms with Gasteiger partial charge >= 0.3 is 6.03 Å². The summed E-state index contributed by atoms with van der Waals surface area (Å²) in [5, 5.41) is 5.56. The molecule has 0 aliphatic heterocycles. The van der Waals surface area contributed by atoms with Crippen molar-refractivity contribution in [2.24, 2.45) is 0 Å². The molecule has 2 amide bonds. The monoisotopic (exact) mass is 356 g/mol. The summed E-state index contributed by atoms with van der Waals surface area (Å²) in [4.78, 5) is 11.8. The highest BCUT2D eigenvalue weighted by atomic mass is 35.5. The molecule has 2 aromatic carbocycles. The smallest absolute Gasteiger partial charge is 0.319 e. The summed E-state index contributed by atoms with van der Waals surface area (Å²) >= 11 is 5.87. The van der Waals surface area contributed by atoms with E-state index in [-0.39, 0.29) is 18.9 Å². The van der Waals surface area contributed by atoms with Crippen molar-refractivity contribution < 1.29 is 23.0 Å². The number of amides is 2. The van der Waals surface area contributed by atoms with E-state index in [1.54, 1.807) is 18.2 Å². The van der Waals surface area contributed by atoms with E-state index in [1.807, 2.05) is 0 Å². The van der Waals surface area contributed by atoms with Crippen molar-refractivity contribution in [1.82, 2.24) is 5.32 Å². The minimum Gasteiger partial charge on any atom is -0.495 e. The average Bonchev–Trinajstić information content (AvgIpc) is 2.53. The largest absolute Gasteiger partial charge is 0.495 e. The Balaban J connectivity index is 1.80. The number of methoxy groups -OCH3 is 1. The van der Waals surface area contributed by atoms with E-state index < -0.39 is 17.7 Å². The van der Waals surface area contributed by atoms with Crippen LogP contribution in [-0.4, -0.2) is 26.3 Å². The molecule has 24 heavy (non-hydrogen) atoms. The molecule has 8 heteroatoms. The van der Waals surface area contributed by atoms with Crippen LogP contribution in [0, 0.1) is 11.6 Å². The van der Waals surface area contributed by atoms with E-state index >= 15 is 0 Å². The Bertz CT molecular complexity index is 728. The van der Waals surface area contributed by atoms with Crippen LogP contribution in [0.1, 0.15) is 0 Å². The van der Waals surface area contributed by atoms with Gasteiger partial charge in [-0.3, -0.25) is 0 Å². The third-order valence-electron chi connectivity index (χ3n) is 2.95. The molecule has 0 atom stereocenters. The molecule has 0 fully saturated rings. The topological polar surface area (TPSA) is 59.6 Å². The Morgan fingerprint density at radius 1 is 1.17 bits per heavy atom. The van der Waals surface area contributed by atoms with Crippen molar-refractivity contribution in [1.29, 1.82) is 0 Å². The van der Waals surface area contributed by atoms with Gasteiger partial charge in [-0.15, -0.1) is 0 Å². The molecule has 0 aromatic heterocycles. The van der Waals surface area contributed by atoms with Crippen molar-refractivity contribution in [3.63, 3.8) is 0 Å². The maximum atomic E-state index is 13.4. The molecule has 0 unspecified atom stereocenters. The normalized spacial score (nSPS) is 10.2. The second-order valence-corrected chi connectivity index (χ2v) is 5.09. The lowest BCUT2D eigenvalue weighted by Gasteiger charge is -2.12. The van der Waals surface area contributed by atoms with Crippen LogP contribution in [0.25, 0.3) is 0 Å². The number of urea groups is 1. The van der Waals surface area contributed by atoms with Crippen LogP contribution < -0.4 is 20.1 Å². The number of hydrogen-bond donors (Lipinski definition) is 2. The summed E-state index contributed by atoms with van der Waals surface area (Å²) in [6, 6.07) is 7.29. The van der Waals surface area contributed by atoms with Gasteiger partial charge in [-0.05, 0) is 30.3 Å². The number of rotatable bonds is 6. The summed E-state index contributed by atoms with van der Waals surface area (Å²) < 4.78 is 36.3. The van der Waals surface area contributed by atoms with E-state index in [4.69, 9.17) is 21.1 Å². The molecule has 0 saturated heterocycles. The van der Waals surface area contributed by atoms with Gasteiger partial charge in [-0.25, -0.2) is 13.6 Å². The minimum atomic E-state index is -0.803. The SMILES string of the molecule is COc1ccc(Cl)cc1NC(=O)NCCOc1ccc(F)cc1F. The number of carbonyl (C=O) groups excluding carboxylic acids is 1. The van der Waals surface area contributed by atoms with Crippen molar-refractivity contribution in [2.75, 3.05) is 25.6 Å². The molecule has 0 radical (unpaired) electrons. The van der Waals surface area contributed by atoms with Crippen LogP contribution in [-0.2, 0) is 0 Å². The lowest BCUT2D eigenvalue weighted by Crippen LogP contribution is -2.32. The van der Waals surface area contributed by atoms with Crippen LogP contribution in [0.3, 0.4) is 0 Å². The van der Waals surface area contributed by atoms with Crippen LogP contribution in [0.4, 0.5) is 19.3 Å². The third kappa shape index (κ3) is 4.99. The van der Waals surface area contributed by atoms with Crippen LogP contribution in [0.2, 0.25) is 5.02 Å². The summed E-state index contributed by atoms with van der Waals surface area (Å²) in [6.07, 6.45) is 0. The molecule has 0 heterocycles. The maximum Gasteiger partial charge on any atom is 0.319 e. The zero-order valence-corrected chi connectivity index (χ0v) is 13.5. The zero-order valence-electron chi connectivity index (χ0n) is 12.7. The second kappa shape index (κ2) is 8.35. The van der Waals surface area contributed by atoms with Gasteiger partial charge in [0.2, 0.25) is 0 Å². The lowest BCUT2D eigenvalue weighted by molar-refractivity contribution is 0.246. The lowest BCUT2D eigenvalue weighted by atomic mass is 10.3. The number of halogens is 3. The molecule has 2 N–H and O–H groups in total. The van der Waals surface area contributed by atoms with E-state index in [0.29, 0.717) is 16.5 Å².